The van der Waals surface area contributed by atoms with E-state index in [1.54, 1.807) is 0 Å². The van der Waals surface area contributed by atoms with Crippen LogP contribution in [-0.4, -0.2) is 31.9 Å². The highest BCUT2D eigenvalue weighted by molar-refractivity contribution is 6.99. The summed E-state index contributed by atoms with van der Waals surface area (Å²) in [5.74, 6) is 5.73. The number of aliphatic hydroxyl groups is 1. The molecule has 4 heteroatoms. The summed E-state index contributed by atoms with van der Waals surface area (Å²) in [5, 5.41) is 13.5. The first-order valence-electron chi connectivity index (χ1n) is 20.4. The fourth-order valence-corrected chi connectivity index (χ4v) is 18.0. The number of aliphatic hydroxyl groups excluding tert-OH is 1. The summed E-state index contributed by atoms with van der Waals surface area (Å²) in [6.07, 6.45) is 13.9. The van der Waals surface area contributed by atoms with Gasteiger partial charge >= 0.3 is 0 Å². The summed E-state index contributed by atoms with van der Waals surface area (Å²) in [7, 11) is -2.55. The van der Waals surface area contributed by atoms with E-state index in [9.17, 15) is 5.11 Å². The second-order valence-electron chi connectivity index (χ2n) is 19.5. The average molecular weight is 685 g/mol. The van der Waals surface area contributed by atoms with Gasteiger partial charge in [-0.25, -0.2) is 0 Å². The van der Waals surface area contributed by atoms with Crippen LogP contribution in [0.25, 0.3) is 0 Å². The molecule has 5 aliphatic rings. The van der Waals surface area contributed by atoms with Crippen LogP contribution in [-0.2, 0) is 9.16 Å². The largest absolute Gasteiger partial charge is 0.404 e. The summed E-state index contributed by atoms with van der Waals surface area (Å²) in [6.45, 7) is 19.8. The molecular weight excluding hydrogens is 617 g/mol. The molecular formula is C45H68O3Si. The Hall–Kier alpha value is -1.46. The van der Waals surface area contributed by atoms with E-state index in [0.29, 0.717) is 40.6 Å². The number of rotatable bonds is 7. The Morgan fingerprint density at radius 3 is 1.98 bits per heavy atom. The molecule has 4 aliphatic carbocycles. The molecule has 2 aromatic rings. The van der Waals surface area contributed by atoms with E-state index in [-0.39, 0.29) is 11.1 Å². The first kappa shape index (κ1) is 35.9. The van der Waals surface area contributed by atoms with Crippen LogP contribution in [0.15, 0.2) is 60.7 Å². The molecule has 0 radical (unpaired) electrons. The lowest BCUT2D eigenvalue weighted by atomic mass is 9.44. The molecule has 270 valence electrons. The van der Waals surface area contributed by atoms with Crippen molar-refractivity contribution in [3.05, 3.63) is 60.7 Å². The molecule has 7 rings (SSSR count). The Balaban J connectivity index is 1.08. The molecule has 5 fully saturated rings. The molecule has 3 nitrogen and oxygen atoms in total. The minimum absolute atomic E-state index is 0.0224. The molecule has 1 unspecified atom stereocenters. The minimum Gasteiger partial charge on any atom is -0.404 e. The predicted octanol–water partition coefficient (Wildman–Crippen LogP) is 10.00. The molecule has 49 heavy (non-hydrogen) atoms. The van der Waals surface area contributed by atoms with Gasteiger partial charge in [0.15, 0.2) is 6.29 Å². The summed E-state index contributed by atoms with van der Waals surface area (Å²) < 4.78 is 14.1. The highest BCUT2D eigenvalue weighted by atomic mass is 28.4. The number of fused-ring (bicyclic) bond motifs is 5. The summed E-state index contributed by atoms with van der Waals surface area (Å²) in [6, 6.07) is 22.6. The fraction of sp³-hybridized carbons (Fsp3) is 0.733. The molecule has 0 amide bonds. The standard InChI is InChI=1S/C45H68O3Si/c1-30(2)32-27-41(47-42(46)28-32)31(3)38-21-22-39-37-20-19-33-29-34(23-25-44(33,7)40(37)24-26-45(38,39)8)48-49(43(4,5)6,35-15-11-9-12-16-35)36-17-13-10-14-18-36/h9-18,30-34,37-42,46H,19-29H2,1-8H3/t31-,32-,33-,34-,37-,38+,39-,40-,41-,42?,44-,45+/m0/s1. The average Bonchev–Trinajstić information content (AvgIpc) is 3.44. The van der Waals surface area contributed by atoms with Gasteiger partial charge in [0.1, 0.15) is 0 Å². The SMILES string of the molecule is CC(C)[C@@H]1CC(O)O[C@H]([C@@H](C)[C@H]2CC[C@H]3[C@@H]4CC[C@H]5C[C@@H](O[Si](c6ccccc6)(c6ccccc6)C(C)(C)C)CC[C@]5(C)[C@H]4CC[C@]23C)C1. The number of benzene rings is 2. The van der Waals surface area contributed by atoms with Gasteiger partial charge in [0.05, 0.1) is 6.10 Å². The summed E-state index contributed by atoms with van der Waals surface area (Å²) >= 11 is 0. The van der Waals surface area contributed by atoms with Crippen molar-refractivity contribution in [2.75, 3.05) is 0 Å². The topological polar surface area (TPSA) is 38.7 Å². The van der Waals surface area contributed by atoms with Gasteiger partial charge < -0.3 is 14.3 Å². The smallest absolute Gasteiger partial charge is 0.261 e. The number of hydrogen-bond donors (Lipinski definition) is 1. The van der Waals surface area contributed by atoms with Gasteiger partial charge in [0, 0.05) is 12.5 Å². The third kappa shape index (κ3) is 6.15. The Morgan fingerprint density at radius 2 is 1.37 bits per heavy atom. The van der Waals surface area contributed by atoms with Crippen molar-refractivity contribution < 1.29 is 14.3 Å². The van der Waals surface area contributed by atoms with E-state index in [0.717, 1.165) is 36.5 Å². The van der Waals surface area contributed by atoms with Crippen LogP contribution in [0.3, 0.4) is 0 Å². The van der Waals surface area contributed by atoms with Gasteiger partial charge in [-0.2, -0.15) is 0 Å². The van der Waals surface area contributed by atoms with Crippen LogP contribution in [0.2, 0.25) is 5.04 Å². The zero-order valence-corrected chi connectivity index (χ0v) is 33.2. The third-order valence-corrected chi connectivity index (χ3v) is 21.1. The Bertz CT molecular complexity index is 1360. The van der Waals surface area contributed by atoms with E-state index in [4.69, 9.17) is 9.16 Å². The Labute approximate surface area is 300 Å². The summed E-state index contributed by atoms with van der Waals surface area (Å²) in [4.78, 5) is 0. The van der Waals surface area contributed by atoms with Crippen molar-refractivity contribution in [1.29, 1.82) is 0 Å². The van der Waals surface area contributed by atoms with Crippen molar-refractivity contribution in [3.8, 4) is 0 Å². The van der Waals surface area contributed by atoms with Crippen molar-refractivity contribution >= 4 is 18.7 Å². The van der Waals surface area contributed by atoms with Crippen LogP contribution in [0.1, 0.15) is 126 Å². The minimum atomic E-state index is -2.55. The monoisotopic (exact) mass is 684 g/mol. The van der Waals surface area contributed by atoms with Crippen LogP contribution >= 0.6 is 0 Å². The van der Waals surface area contributed by atoms with Crippen molar-refractivity contribution in [3.63, 3.8) is 0 Å². The highest BCUT2D eigenvalue weighted by Crippen LogP contribution is 2.69. The molecule has 1 aliphatic heterocycles. The quantitative estimate of drug-likeness (QED) is 0.295. The van der Waals surface area contributed by atoms with Gasteiger partial charge in [-0.15, -0.1) is 0 Å². The van der Waals surface area contributed by atoms with Crippen molar-refractivity contribution in [2.24, 2.45) is 58.2 Å². The lowest BCUT2D eigenvalue weighted by molar-refractivity contribution is -0.205. The number of ether oxygens (including phenoxy) is 1. The van der Waals surface area contributed by atoms with Crippen LogP contribution in [0.4, 0.5) is 0 Å². The molecule has 0 spiro atoms. The lowest BCUT2D eigenvalue weighted by Gasteiger charge is -2.62. The van der Waals surface area contributed by atoms with E-state index >= 15 is 0 Å². The van der Waals surface area contributed by atoms with Gasteiger partial charge in [0.25, 0.3) is 8.32 Å². The molecule has 2 aromatic carbocycles. The highest BCUT2D eigenvalue weighted by Gasteiger charge is 2.62. The van der Waals surface area contributed by atoms with E-state index in [2.05, 4.69) is 116 Å². The second kappa shape index (κ2) is 13.5. The molecule has 1 saturated heterocycles. The maximum Gasteiger partial charge on any atom is 0.261 e. The molecule has 0 aromatic heterocycles. The van der Waals surface area contributed by atoms with Gasteiger partial charge in [-0.05, 0) is 138 Å². The molecule has 0 bridgehead atoms. The normalized spacial score (nSPS) is 40.3. The molecule has 1 heterocycles. The lowest BCUT2D eigenvalue weighted by Crippen LogP contribution is -2.68. The van der Waals surface area contributed by atoms with Crippen LogP contribution in [0.5, 0.6) is 0 Å². The summed E-state index contributed by atoms with van der Waals surface area (Å²) in [5.41, 5.74) is 0.840. The van der Waals surface area contributed by atoms with E-state index in [1.807, 2.05) is 0 Å². The second-order valence-corrected chi connectivity index (χ2v) is 23.8. The van der Waals surface area contributed by atoms with Gasteiger partial charge in [0.2, 0.25) is 0 Å². The van der Waals surface area contributed by atoms with Crippen molar-refractivity contribution in [2.45, 2.75) is 150 Å². The number of hydrogen-bond acceptors (Lipinski definition) is 3. The zero-order valence-electron chi connectivity index (χ0n) is 32.2. The maximum atomic E-state index is 10.7. The molecule has 4 saturated carbocycles. The Kier molecular flexibility index (Phi) is 9.90. The fourth-order valence-electron chi connectivity index (χ4n) is 13.3. The van der Waals surface area contributed by atoms with E-state index in [1.165, 1.54) is 68.2 Å². The van der Waals surface area contributed by atoms with Crippen LogP contribution < -0.4 is 10.4 Å². The first-order chi connectivity index (χ1) is 23.3. The maximum absolute atomic E-state index is 10.7. The van der Waals surface area contributed by atoms with Gasteiger partial charge in [-0.1, -0.05) is 116 Å². The Morgan fingerprint density at radius 1 is 0.755 bits per heavy atom. The van der Waals surface area contributed by atoms with E-state index < -0.39 is 14.6 Å². The predicted molar refractivity (Wildman–Crippen MR) is 205 cm³/mol. The van der Waals surface area contributed by atoms with Crippen molar-refractivity contribution in [1.82, 2.24) is 0 Å². The zero-order chi connectivity index (χ0) is 34.8. The first-order valence-corrected chi connectivity index (χ1v) is 22.3. The van der Waals surface area contributed by atoms with Gasteiger partial charge in [-0.3, -0.25) is 0 Å². The third-order valence-electron chi connectivity index (χ3n) is 16.0. The molecule has 12 atom stereocenters. The van der Waals surface area contributed by atoms with Crippen LogP contribution in [0, 0.1) is 58.2 Å². The molecule has 1 N–H and O–H groups in total.